The first-order valence-electron chi connectivity index (χ1n) is 8.91. The van der Waals surface area contributed by atoms with Crippen LogP contribution in [0.1, 0.15) is 34.1 Å². The van der Waals surface area contributed by atoms with Crippen molar-refractivity contribution in [1.82, 2.24) is 4.90 Å². The number of carbonyl (C=O) groups excluding carboxylic acids is 2. The average Bonchev–Trinajstić information content (AvgIpc) is 2.57. The molecule has 0 radical (unpaired) electrons. The highest BCUT2D eigenvalue weighted by Crippen LogP contribution is 2.14. The van der Waals surface area contributed by atoms with Crippen LogP contribution in [0.4, 0.5) is 4.79 Å². The molecule has 150 valence electrons. The Morgan fingerprint density at radius 3 is 2.41 bits per heavy atom. The highest BCUT2D eigenvalue weighted by molar-refractivity contribution is 14.1. The molecule has 1 aromatic carbocycles. The summed E-state index contributed by atoms with van der Waals surface area (Å²) >= 11 is 2.23. The molecule has 0 aliphatic heterocycles. The van der Waals surface area contributed by atoms with Crippen molar-refractivity contribution in [2.75, 3.05) is 26.3 Å². The van der Waals surface area contributed by atoms with Gasteiger partial charge in [0, 0.05) is 16.2 Å². The third-order valence-corrected chi connectivity index (χ3v) is 3.92. The van der Waals surface area contributed by atoms with E-state index in [1.165, 1.54) is 6.08 Å². The number of benzene rings is 1. The topological polar surface area (TPSA) is 65.1 Å². The molecule has 27 heavy (non-hydrogen) atoms. The number of amides is 1. The van der Waals surface area contributed by atoms with Crippen molar-refractivity contribution in [3.05, 3.63) is 40.0 Å². The molecule has 6 nitrogen and oxygen atoms in total. The quantitative estimate of drug-likeness (QED) is 0.292. The summed E-state index contributed by atoms with van der Waals surface area (Å²) in [7, 11) is 0. The van der Waals surface area contributed by atoms with Crippen LogP contribution in [-0.2, 0) is 14.3 Å². The lowest BCUT2D eigenvalue weighted by atomic mass is 10.2. The molecule has 0 N–H and O–H groups in total. The minimum absolute atomic E-state index is 0.336. The fourth-order valence-corrected chi connectivity index (χ4v) is 2.39. The van der Waals surface area contributed by atoms with E-state index in [1.807, 2.05) is 45.0 Å². The fourth-order valence-electron chi connectivity index (χ4n) is 2.03. The second-order valence-electron chi connectivity index (χ2n) is 6.71. The molecule has 0 unspecified atom stereocenters. The van der Waals surface area contributed by atoms with Gasteiger partial charge in [-0.25, -0.2) is 9.59 Å². The highest BCUT2D eigenvalue weighted by Gasteiger charge is 2.21. The summed E-state index contributed by atoms with van der Waals surface area (Å²) in [6.07, 6.45) is 3.17. The van der Waals surface area contributed by atoms with Gasteiger partial charge in [0.15, 0.2) is 0 Å². The van der Waals surface area contributed by atoms with Crippen molar-refractivity contribution in [3.8, 4) is 5.75 Å². The molecule has 1 aromatic rings. The Morgan fingerprint density at radius 1 is 1.15 bits per heavy atom. The number of esters is 1. The fraction of sp³-hybridized carbons (Fsp3) is 0.500. The lowest BCUT2D eigenvalue weighted by molar-refractivity contribution is -0.137. The molecule has 0 bridgehead atoms. The van der Waals surface area contributed by atoms with E-state index in [0.717, 1.165) is 9.32 Å². The van der Waals surface area contributed by atoms with Crippen LogP contribution in [0.25, 0.3) is 0 Å². The Bertz CT molecular complexity index is 622. The molecule has 0 aliphatic rings. The molecule has 0 saturated carbocycles. The van der Waals surface area contributed by atoms with Crippen LogP contribution in [0.2, 0.25) is 0 Å². The smallest absolute Gasteiger partial charge is 0.410 e. The van der Waals surface area contributed by atoms with Crippen LogP contribution in [-0.4, -0.2) is 48.9 Å². The van der Waals surface area contributed by atoms with Gasteiger partial charge >= 0.3 is 12.1 Å². The Labute approximate surface area is 175 Å². The predicted octanol–water partition coefficient (Wildman–Crippen LogP) is 4.42. The molecule has 0 spiro atoms. The van der Waals surface area contributed by atoms with Crippen LogP contribution >= 0.6 is 22.6 Å². The monoisotopic (exact) mass is 489 g/mol. The Balaban J connectivity index is 2.57. The molecule has 0 atom stereocenters. The standard InChI is InChI=1S/C20H28INO5/c1-5-25-18(23)8-6-7-13-22(19(24)27-20(2,3)4)14-15-26-17-11-9-16(21)10-12-17/h6,8-12H,5,7,13-15H2,1-4H3. The minimum Gasteiger partial charge on any atom is -0.492 e. The van der Waals surface area contributed by atoms with E-state index in [1.54, 1.807) is 17.9 Å². The Kier molecular flexibility index (Phi) is 10.2. The zero-order valence-electron chi connectivity index (χ0n) is 16.4. The summed E-state index contributed by atoms with van der Waals surface area (Å²) in [4.78, 5) is 25.3. The molecule has 0 aliphatic carbocycles. The van der Waals surface area contributed by atoms with E-state index >= 15 is 0 Å². The van der Waals surface area contributed by atoms with Gasteiger partial charge in [0.1, 0.15) is 18.0 Å². The van der Waals surface area contributed by atoms with Crippen molar-refractivity contribution in [2.24, 2.45) is 0 Å². The first-order valence-corrected chi connectivity index (χ1v) is 9.98. The molecule has 0 aromatic heterocycles. The zero-order valence-corrected chi connectivity index (χ0v) is 18.5. The van der Waals surface area contributed by atoms with Gasteiger partial charge in [-0.1, -0.05) is 6.08 Å². The number of hydrogen-bond acceptors (Lipinski definition) is 5. The van der Waals surface area contributed by atoms with Crippen molar-refractivity contribution in [1.29, 1.82) is 0 Å². The Morgan fingerprint density at radius 2 is 1.81 bits per heavy atom. The number of halogens is 1. The van der Waals surface area contributed by atoms with E-state index in [4.69, 9.17) is 14.2 Å². The highest BCUT2D eigenvalue weighted by atomic mass is 127. The van der Waals surface area contributed by atoms with E-state index in [0.29, 0.717) is 32.7 Å². The van der Waals surface area contributed by atoms with Gasteiger partial charge in [0.2, 0.25) is 0 Å². The number of hydrogen-bond donors (Lipinski definition) is 0. The van der Waals surface area contributed by atoms with E-state index in [2.05, 4.69) is 22.6 Å². The second-order valence-corrected chi connectivity index (χ2v) is 7.96. The van der Waals surface area contributed by atoms with E-state index < -0.39 is 11.7 Å². The van der Waals surface area contributed by atoms with Gasteiger partial charge in [0.25, 0.3) is 0 Å². The molecular formula is C20H28INO5. The maximum Gasteiger partial charge on any atom is 0.410 e. The SMILES string of the molecule is CCOC(=O)C=CCCN(CCOc1ccc(I)cc1)C(=O)OC(C)(C)C. The maximum absolute atomic E-state index is 12.4. The summed E-state index contributed by atoms with van der Waals surface area (Å²) in [5, 5.41) is 0. The summed E-state index contributed by atoms with van der Waals surface area (Å²) in [5.74, 6) is 0.366. The summed E-state index contributed by atoms with van der Waals surface area (Å²) in [5.41, 5.74) is -0.576. The van der Waals surface area contributed by atoms with Crippen molar-refractivity contribution < 1.29 is 23.8 Å². The third kappa shape index (κ3) is 10.8. The number of nitrogens with zero attached hydrogens (tertiary/aromatic N) is 1. The molecule has 1 amide bonds. The first kappa shape index (κ1) is 23.3. The molecular weight excluding hydrogens is 461 g/mol. The molecule has 0 heterocycles. The van der Waals surface area contributed by atoms with Gasteiger partial charge in [0.05, 0.1) is 13.2 Å². The maximum atomic E-state index is 12.4. The van der Waals surface area contributed by atoms with E-state index in [9.17, 15) is 9.59 Å². The van der Waals surface area contributed by atoms with Crippen molar-refractivity contribution >= 4 is 34.7 Å². The average molecular weight is 489 g/mol. The van der Waals surface area contributed by atoms with Crippen LogP contribution in [0.5, 0.6) is 5.75 Å². The van der Waals surface area contributed by atoms with Crippen molar-refractivity contribution in [2.45, 2.75) is 39.7 Å². The van der Waals surface area contributed by atoms with Crippen LogP contribution < -0.4 is 4.74 Å². The second kappa shape index (κ2) is 11.8. The number of ether oxygens (including phenoxy) is 3. The van der Waals surface area contributed by atoms with Gasteiger partial charge in [-0.2, -0.15) is 0 Å². The lowest BCUT2D eigenvalue weighted by Gasteiger charge is -2.27. The molecule has 0 saturated heterocycles. The molecule has 0 fully saturated rings. The van der Waals surface area contributed by atoms with E-state index in [-0.39, 0.29) is 5.97 Å². The minimum atomic E-state index is -0.576. The first-order chi connectivity index (χ1) is 12.7. The van der Waals surface area contributed by atoms with Crippen LogP contribution in [0, 0.1) is 3.57 Å². The van der Waals surface area contributed by atoms with Gasteiger partial charge in [-0.05, 0) is 81.0 Å². The van der Waals surface area contributed by atoms with Crippen LogP contribution in [0.15, 0.2) is 36.4 Å². The lowest BCUT2D eigenvalue weighted by Crippen LogP contribution is -2.39. The largest absolute Gasteiger partial charge is 0.492 e. The summed E-state index contributed by atoms with van der Waals surface area (Å²) < 4.78 is 17.1. The normalized spacial score (nSPS) is 11.3. The number of rotatable bonds is 9. The zero-order chi connectivity index (χ0) is 20.3. The Hall–Kier alpha value is -1.77. The van der Waals surface area contributed by atoms with Crippen LogP contribution in [0.3, 0.4) is 0 Å². The summed E-state index contributed by atoms with van der Waals surface area (Å²) in [6, 6.07) is 7.70. The van der Waals surface area contributed by atoms with Gasteiger partial charge in [-0.3, -0.25) is 0 Å². The number of carbonyl (C=O) groups is 2. The molecule has 7 heteroatoms. The predicted molar refractivity (Wildman–Crippen MR) is 113 cm³/mol. The molecule has 1 rings (SSSR count). The van der Waals surface area contributed by atoms with Gasteiger partial charge < -0.3 is 19.1 Å². The summed E-state index contributed by atoms with van der Waals surface area (Å²) in [6.45, 7) is 8.71. The van der Waals surface area contributed by atoms with Gasteiger partial charge in [-0.15, -0.1) is 0 Å². The van der Waals surface area contributed by atoms with Crippen molar-refractivity contribution in [3.63, 3.8) is 0 Å². The third-order valence-electron chi connectivity index (χ3n) is 3.20.